The van der Waals surface area contributed by atoms with Gasteiger partial charge in [-0.2, -0.15) is 0 Å². The highest BCUT2D eigenvalue weighted by molar-refractivity contribution is 5.50. The summed E-state index contributed by atoms with van der Waals surface area (Å²) in [5.41, 5.74) is 5.04. The molecule has 0 aromatic heterocycles. The molecule has 3 aromatic rings. The molecule has 0 spiro atoms. The van der Waals surface area contributed by atoms with Gasteiger partial charge in [-0.05, 0) is 65.9 Å². The van der Waals surface area contributed by atoms with Gasteiger partial charge in [0.1, 0.15) is 12.4 Å². The Hall–Kier alpha value is -2.98. The second-order valence-electron chi connectivity index (χ2n) is 7.29. The first-order valence-electron chi connectivity index (χ1n) is 10.0. The lowest BCUT2D eigenvalue weighted by molar-refractivity contribution is 0.283. The fourth-order valence-corrected chi connectivity index (χ4v) is 3.84. The number of fused-ring (bicyclic) bond motifs is 1. The summed E-state index contributed by atoms with van der Waals surface area (Å²) in [6.45, 7) is 1.49. The Morgan fingerprint density at radius 1 is 0.862 bits per heavy atom. The lowest BCUT2D eigenvalue weighted by atomic mass is 9.90. The molecule has 1 unspecified atom stereocenters. The van der Waals surface area contributed by atoms with Crippen LogP contribution >= 0.6 is 0 Å². The Balaban J connectivity index is 1.55. The van der Waals surface area contributed by atoms with Crippen molar-refractivity contribution in [3.63, 3.8) is 0 Å². The highest BCUT2D eigenvalue weighted by atomic mass is 16.5. The van der Waals surface area contributed by atoms with E-state index in [-0.39, 0.29) is 6.04 Å². The number of nitrogens with one attached hydrogen (secondary N) is 1. The van der Waals surface area contributed by atoms with Gasteiger partial charge in [0, 0.05) is 6.04 Å². The third-order valence-corrected chi connectivity index (χ3v) is 5.42. The number of methoxy groups -OCH3 is 2. The van der Waals surface area contributed by atoms with Gasteiger partial charge < -0.3 is 19.5 Å². The van der Waals surface area contributed by atoms with E-state index in [0.29, 0.717) is 6.61 Å². The molecule has 0 radical (unpaired) electrons. The van der Waals surface area contributed by atoms with Gasteiger partial charge >= 0.3 is 0 Å². The standard InChI is InChI=1S/C25H27NO3/c1-27-21-10-8-18(9-11-21)14-23-22-16-24(28-2)25(15-20(22)12-13-26-23)29-17-19-6-4-3-5-7-19/h3-11,15-16,23,26H,12-14,17H2,1-2H3. The summed E-state index contributed by atoms with van der Waals surface area (Å²) in [6.07, 6.45) is 1.91. The first-order chi connectivity index (χ1) is 14.3. The Labute approximate surface area is 172 Å². The molecule has 4 rings (SSSR count). The van der Waals surface area contributed by atoms with Crippen LogP contribution in [0.2, 0.25) is 0 Å². The molecule has 1 atom stereocenters. The highest BCUT2D eigenvalue weighted by Crippen LogP contribution is 2.37. The second-order valence-corrected chi connectivity index (χ2v) is 7.29. The molecule has 0 amide bonds. The minimum Gasteiger partial charge on any atom is -0.497 e. The van der Waals surface area contributed by atoms with Gasteiger partial charge in [-0.3, -0.25) is 0 Å². The third kappa shape index (κ3) is 4.54. The minimum atomic E-state index is 0.254. The zero-order chi connectivity index (χ0) is 20.1. The molecule has 1 aliphatic heterocycles. The molecular formula is C25H27NO3. The van der Waals surface area contributed by atoms with E-state index >= 15 is 0 Å². The van der Waals surface area contributed by atoms with E-state index in [1.165, 1.54) is 16.7 Å². The fourth-order valence-electron chi connectivity index (χ4n) is 3.84. The van der Waals surface area contributed by atoms with Crippen LogP contribution in [0, 0.1) is 0 Å². The molecular weight excluding hydrogens is 362 g/mol. The van der Waals surface area contributed by atoms with Crippen LogP contribution < -0.4 is 19.5 Å². The molecule has 4 nitrogen and oxygen atoms in total. The van der Waals surface area contributed by atoms with Crippen molar-refractivity contribution in [2.24, 2.45) is 0 Å². The fraction of sp³-hybridized carbons (Fsp3) is 0.280. The summed E-state index contributed by atoms with van der Waals surface area (Å²) in [5.74, 6) is 2.47. The zero-order valence-corrected chi connectivity index (χ0v) is 17.0. The molecule has 3 aromatic carbocycles. The van der Waals surface area contributed by atoms with Crippen molar-refractivity contribution in [3.05, 3.63) is 89.0 Å². The molecule has 1 aliphatic rings. The van der Waals surface area contributed by atoms with E-state index in [0.717, 1.165) is 42.2 Å². The summed E-state index contributed by atoms with van der Waals surface area (Å²) >= 11 is 0. The maximum absolute atomic E-state index is 6.10. The van der Waals surface area contributed by atoms with Crippen molar-refractivity contribution >= 4 is 0 Å². The van der Waals surface area contributed by atoms with Gasteiger partial charge in [0.25, 0.3) is 0 Å². The van der Waals surface area contributed by atoms with Crippen molar-refractivity contribution < 1.29 is 14.2 Å². The van der Waals surface area contributed by atoms with E-state index in [1.807, 2.05) is 30.3 Å². The van der Waals surface area contributed by atoms with Gasteiger partial charge in [0.15, 0.2) is 11.5 Å². The first-order valence-corrected chi connectivity index (χ1v) is 10.0. The Morgan fingerprint density at radius 3 is 2.38 bits per heavy atom. The third-order valence-electron chi connectivity index (χ3n) is 5.42. The van der Waals surface area contributed by atoms with Crippen LogP contribution in [0.3, 0.4) is 0 Å². The molecule has 4 heteroatoms. The van der Waals surface area contributed by atoms with Crippen LogP contribution in [0.1, 0.15) is 28.3 Å². The van der Waals surface area contributed by atoms with Crippen LogP contribution in [-0.2, 0) is 19.4 Å². The van der Waals surface area contributed by atoms with Crippen LogP contribution in [-0.4, -0.2) is 20.8 Å². The van der Waals surface area contributed by atoms with E-state index < -0.39 is 0 Å². The highest BCUT2D eigenvalue weighted by Gasteiger charge is 2.23. The topological polar surface area (TPSA) is 39.7 Å². The molecule has 0 saturated carbocycles. The molecule has 1 N–H and O–H groups in total. The lowest BCUT2D eigenvalue weighted by Crippen LogP contribution is -2.31. The van der Waals surface area contributed by atoms with Crippen molar-refractivity contribution in [2.45, 2.75) is 25.5 Å². The average Bonchev–Trinajstić information content (AvgIpc) is 2.78. The Morgan fingerprint density at radius 2 is 1.66 bits per heavy atom. The van der Waals surface area contributed by atoms with Crippen LogP contribution in [0.4, 0.5) is 0 Å². The van der Waals surface area contributed by atoms with Crippen molar-refractivity contribution in [3.8, 4) is 17.2 Å². The zero-order valence-electron chi connectivity index (χ0n) is 17.0. The predicted molar refractivity (Wildman–Crippen MR) is 115 cm³/mol. The molecule has 29 heavy (non-hydrogen) atoms. The van der Waals surface area contributed by atoms with Crippen LogP contribution in [0.5, 0.6) is 17.2 Å². The van der Waals surface area contributed by atoms with Gasteiger partial charge in [-0.15, -0.1) is 0 Å². The summed E-state index contributed by atoms with van der Waals surface area (Å²) in [7, 11) is 3.39. The second kappa shape index (κ2) is 9.01. The maximum Gasteiger partial charge on any atom is 0.161 e. The first kappa shape index (κ1) is 19.3. The average molecular weight is 389 g/mol. The monoisotopic (exact) mass is 389 g/mol. The Bertz CT molecular complexity index is 938. The predicted octanol–water partition coefficient (Wildman–Crippen LogP) is 4.71. The van der Waals surface area contributed by atoms with Crippen LogP contribution in [0.15, 0.2) is 66.7 Å². The van der Waals surface area contributed by atoms with Crippen molar-refractivity contribution in [1.29, 1.82) is 0 Å². The number of rotatable bonds is 7. The van der Waals surface area contributed by atoms with E-state index in [4.69, 9.17) is 14.2 Å². The van der Waals surface area contributed by atoms with Gasteiger partial charge in [0.2, 0.25) is 0 Å². The summed E-state index contributed by atoms with van der Waals surface area (Å²) < 4.78 is 17.0. The molecule has 0 bridgehead atoms. The number of hydrogen-bond donors (Lipinski definition) is 1. The molecule has 0 fully saturated rings. The summed E-state index contributed by atoms with van der Waals surface area (Å²) in [5, 5.41) is 3.65. The van der Waals surface area contributed by atoms with Gasteiger partial charge in [0.05, 0.1) is 14.2 Å². The smallest absolute Gasteiger partial charge is 0.161 e. The summed E-state index contributed by atoms with van der Waals surface area (Å²) in [4.78, 5) is 0. The number of benzene rings is 3. The Kier molecular flexibility index (Phi) is 6.01. The minimum absolute atomic E-state index is 0.254. The van der Waals surface area contributed by atoms with Crippen molar-refractivity contribution in [2.75, 3.05) is 20.8 Å². The molecule has 0 aliphatic carbocycles. The van der Waals surface area contributed by atoms with Gasteiger partial charge in [-0.1, -0.05) is 42.5 Å². The summed E-state index contributed by atoms with van der Waals surface area (Å²) in [6, 6.07) is 23.0. The molecule has 1 heterocycles. The van der Waals surface area contributed by atoms with E-state index in [2.05, 4.69) is 41.7 Å². The lowest BCUT2D eigenvalue weighted by Gasteiger charge is -2.28. The number of ether oxygens (including phenoxy) is 3. The normalized spacial score (nSPS) is 15.4. The quantitative estimate of drug-likeness (QED) is 0.635. The molecule has 150 valence electrons. The SMILES string of the molecule is COc1ccc(CC2NCCc3cc(OCc4ccccc4)c(OC)cc32)cc1. The largest absolute Gasteiger partial charge is 0.497 e. The maximum atomic E-state index is 6.10. The molecule has 0 saturated heterocycles. The van der Waals surface area contributed by atoms with E-state index in [1.54, 1.807) is 14.2 Å². The number of hydrogen-bond acceptors (Lipinski definition) is 4. The van der Waals surface area contributed by atoms with Crippen LogP contribution in [0.25, 0.3) is 0 Å². The van der Waals surface area contributed by atoms with E-state index in [9.17, 15) is 0 Å². The van der Waals surface area contributed by atoms with Crippen molar-refractivity contribution in [1.82, 2.24) is 5.32 Å². The van der Waals surface area contributed by atoms with Gasteiger partial charge in [-0.25, -0.2) is 0 Å².